The van der Waals surface area contributed by atoms with Crippen molar-refractivity contribution in [3.8, 4) is 89.5 Å². The fourth-order valence-corrected chi connectivity index (χ4v) is 15.5. The van der Waals surface area contributed by atoms with Crippen LogP contribution in [0.15, 0.2) is 388 Å². The highest BCUT2D eigenvalue weighted by Crippen LogP contribution is 2.44. The van der Waals surface area contributed by atoms with Crippen molar-refractivity contribution in [2.24, 2.45) is 0 Å². The van der Waals surface area contributed by atoms with Crippen LogP contribution in [0.2, 0.25) is 0 Å². The van der Waals surface area contributed by atoms with E-state index in [0.29, 0.717) is 0 Å². The highest BCUT2D eigenvalue weighted by atomic mass is 15.0. The molecule has 0 atom stereocenters. The van der Waals surface area contributed by atoms with Crippen LogP contribution in [0.25, 0.3) is 177 Å². The molecule has 4 heterocycles. The molecule has 468 valence electrons. The zero-order chi connectivity index (χ0) is 66.0. The molecule has 0 aliphatic rings. The molecule has 4 nitrogen and oxygen atoms in total. The summed E-state index contributed by atoms with van der Waals surface area (Å²) in [6, 6.07) is 141. The summed E-state index contributed by atoms with van der Waals surface area (Å²) < 4.78 is 9.73. The molecular weight excluding hydrogens is 1210 g/mol. The van der Waals surface area contributed by atoms with Gasteiger partial charge in [-0.3, -0.25) is 0 Å². The van der Waals surface area contributed by atoms with Gasteiger partial charge in [0.25, 0.3) is 0 Å². The molecule has 0 spiro atoms. The van der Waals surface area contributed by atoms with Crippen LogP contribution in [-0.4, -0.2) is 18.3 Å². The minimum atomic E-state index is 1.15. The van der Waals surface area contributed by atoms with Crippen molar-refractivity contribution in [3.63, 3.8) is 0 Å². The predicted molar refractivity (Wildman–Crippen MR) is 423 cm³/mol. The molecule has 20 aromatic rings. The molecular formula is C96H64N4. The maximum Gasteiger partial charge on any atom is 0.0548 e. The molecule has 0 aliphatic carbocycles. The third kappa shape index (κ3) is 10.1. The lowest BCUT2D eigenvalue weighted by atomic mass is 10.00. The number of benzene rings is 16. The Hall–Kier alpha value is -13.3. The van der Waals surface area contributed by atoms with Crippen LogP contribution >= 0.6 is 0 Å². The van der Waals surface area contributed by atoms with E-state index in [4.69, 9.17) is 0 Å². The molecule has 0 radical (unpaired) electrons. The fraction of sp³-hybridized carbons (Fsp3) is 0. The molecule has 4 aromatic heterocycles. The van der Waals surface area contributed by atoms with E-state index in [0.717, 1.165) is 22.7 Å². The van der Waals surface area contributed by atoms with E-state index in [-0.39, 0.29) is 0 Å². The lowest BCUT2D eigenvalue weighted by Gasteiger charge is -2.12. The summed E-state index contributed by atoms with van der Waals surface area (Å²) >= 11 is 0. The smallest absolute Gasteiger partial charge is 0.0548 e. The maximum absolute atomic E-state index is 2.44. The van der Waals surface area contributed by atoms with Gasteiger partial charge in [-0.2, -0.15) is 0 Å². The zero-order valence-electron chi connectivity index (χ0n) is 54.7. The van der Waals surface area contributed by atoms with Gasteiger partial charge in [0.1, 0.15) is 0 Å². The van der Waals surface area contributed by atoms with Crippen molar-refractivity contribution in [3.05, 3.63) is 388 Å². The van der Waals surface area contributed by atoms with Crippen LogP contribution < -0.4 is 0 Å². The van der Waals surface area contributed by atoms with Crippen LogP contribution in [0.5, 0.6) is 0 Å². The van der Waals surface area contributed by atoms with Gasteiger partial charge in [0.05, 0.1) is 44.1 Å². The summed E-state index contributed by atoms with van der Waals surface area (Å²) in [4.78, 5) is 0. The van der Waals surface area contributed by atoms with Crippen molar-refractivity contribution in [2.45, 2.75) is 0 Å². The van der Waals surface area contributed by atoms with Gasteiger partial charge in [0, 0.05) is 65.8 Å². The normalized spacial score (nSPS) is 11.6. The first-order chi connectivity index (χ1) is 49.6. The van der Waals surface area contributed by atoms with Crippen molar-refractivity contribution in [1.29, 1.82) is 0 Å². The van der Waals surface area contributed by atoms with Gasteiger partial charge < -0.3 is 18.3 Å². The van der Waals surface area contributed by atoms with E-state index < -0.39 is 0 Å². The second-order valence-electron chi connectivity index (χ2n) is 26.0. The number of rotatable bonds is 10. The average Bonchev–Trinajstić information content (AvgIpc) is 1.56. The number of nitrogens with zero attached hydrogens (tertiary/aromatic N) is 4. The van der Waals surface area contributed by atoms with E-state index in [9.17, 15) is 0 Å². The number of fused-ring (bicyclic) bond motifs is 12. The monoisotopic (exact) mass is 1270 g/mol. The summed E-state index contributed by atoms with van der Waals surface area (Å²) in [6.45, 7) is 0. The van der Waals surface area contributed by atoms with E-state index in [1.165, 1.54) is 154 Å². The maximum atomic E-state index is 2.44. The fourth-order valence-electron chi connectivity index (χ4n) is 15.5. The molecule has 0 bridgehead atoms. The molecule has 0 saturated carbocycles. The van der Waals surface area contributed by atoms with Crippen LogP contribution in [0, 0.1) is 0 Å². The van der Waals surface area contributed by atoms with E-state index in [1.54, 1.807) is 0 Å². The summed E-state index contributed by atoms with van der Waals surface area (Å²) in [5.41, 5.74) is 28.9. The van der Waals surface area contributed by atoms with Gasteiger partial charge in [-0.1, -0.05) is 291 Å². The van der Waals surface area contributed by atoms with Crippen molar-refractivity contribution in [2.75, 3.05) is 0 Å². The zero-order valence-corrected chi connectivity index (χ0v) is 54.7. The Bertz CT molecular complexity index is 6450. The molecule has 0 unspecified atom stereocenters. The lowest BCUT2D eigenvalue weighted by Crippen LogP contribution is -1.95. The number of hydrogen-bond donors (Lipinski definition) is 0. The SMILES string of the molecule is c1ccc(-c2ccc(-c3cccc(-n4c5ccccc5c5cc6c(cc54)c4ccccc4n6-c4ccc(-c5ccccc5)cc4)c3)cc2)cc1.c1ccc(-c2ccc(-c3cccc(-n4c5ccccc5c5cc6c(cc54)c4ccccc4n6-c4cccc(-c5ccccc5)c4)c3)cc2)cc1. The summed E-state index contributed by atoms with van der Waals surface area (Å²) in [6.07, 6.45) is 0. The number of para-hydroxylation sites is 4. The topological polar surface area (TPSA) is 19.7 Å². The van der Waals surface area contributed by atoms with Gasteiger partial charge in [-0.15, -0.1) is 0 Å². The highest BCUT2D eigenvalue weighted by Gasteiger charge is 2.22. The van der Waals surface area contributed by atoms with Crippen molar-refractivity contribution in [1.82, 2.24) is 18.3 Å². The van der Waals surface area contributed by atoms with Gasteiger partial charge in [-0.05, 0) is 164 Å². The third-order valence-electron chi connectivity index (χ3n) is 20.2. The second-order valence-corrected chi connectivity index (χ2v) is 26.0. The van der Waals surface area contributed by atoms with Crippen molar-refractivity contribution < 1.29 is 0 Å². The van der Waals surface area contributed by atoms with Gasteiger partial charge in [-0.25, -0.2) is 0 Å². The van der Waals surface area contributed by atoms with Gasteiger partial charge >= 0.3 is 0 Å². The van der Waals surface area contributed by atoms with Crippen LogP contribution in [0.1, 0.15) is 0 Å². The van der Waals surface area contributed by atoms with Crippen LogP contribution in [0.3, 0.4) is 0 Å². The third-order valence-corrected chi connectivity index (χ3v) is 20.2. The molecule has 0 N–H and O–H groups in total. The first-order valence-corrected chi connectivity index (χ1v) is 34.4. The standard InChI is InChI=1S/2C48H32N2/c1-3-13-33(14-4-1)35-25-27-36(28-26-35)38-18-12-20-40(30-38)50-46-24-10-8-22-42(46)44-31-47-43(32-48(44)50)41-21-7-9-23-45(41)49(47)39-19-11-17-37(29-39)34-15-5-2-6-16-34;1-3-12-33(13-4-1)35-22-24-37(25-23-35)38-16-11-17-40(30-38)50-46-21-10-8-19-42(46)44-31-47-43(32-48(44)50)41-18-7-9-20-45(41)49(47)39-28-26-36(27-29-39)34-14-5-2-6-15-34/h2*1-32H. The minimum absolute atomic E-state index is 1.15. The lowest BCUT2D eigenvalue weighted by molar-refractivity contribution is 1.17. The van der Waals surface area contributed by atoms with Crippen molar-refractivity contribution >= 4 is 87.2 Å². The first-order valence-electron chi connectivity index (χ1n) is 34.4. The molecule has 4 heteroatoms. The Labute approximate surface area is 579 Å². The quantitative estimate of drug-likeness (QED) is 0.130. The summed E-state index contributed by atoms with van der Waals surface area (Å²) in [5.74, 6) is 0. The second kappa shape index (κ2) is 24.4. The Balaban J connectivity index is 0.000000139. The molecule has 16 aromatic carbocycles. The average molecular weight is 1270 g/mol. The predicted octanol–water partition coefficient (Wildman–Crippen LogP) is 25.8. The van der Waals surface area contributed by atoms with Crippen LogP contribution in [-0.2, 0) is 0 Å². The molecule has 100 heavy (non-hydrogen) atoms. The molecule has 0 fully saturated rings. The van der Waals surface area contributed by atoms with Crippen LogP contribution in [0.4, 0.5) is 0 Å². The minimum Gasteiger partial charge on any atom is -0.309 e. The molecule has 0 amide bonds. The molecule has 20 rings (SSSR count). The Morgan fingerprint density at radius 2 is 0.310 bits per heavy atom. The molecule has 0 aliphatic heterocycles. The number of aromatic nitrogens is 4. The Morgan fingerprint density at radius 1 is 0.110 bits per heavy atom. The highest BCUT2D eigenvalue weighted by molar-refractivity contribution is 6.21. The number of hydrogen-bond acceptors (Lipinski definition) is 0. The van der Waals surface area contributed by atoms with E-state index in [2.05, 4.69) is 407 Å². The largest absolute Gasteiger partial charge is 0.309 e. The summed E-state index contributed by atoms with van der Waals surface area (Å²) in [5, 5.41) is 9.98. The summed E-state index contributed by atoms with van der Waals surface area (Å²) in [7, 11) is 0. The van der Waals surface area contributed by atoms with E-state index >= 15 is 0 Å². The first kappa shape index (κ1) is 58.1. The van der Waals surface area contributed by atoms with Gasteiger partial charge in [0.2, 0.25) is 0 Å². The molecule has 0 saturated heterocycles. The Morgan fingerprint density at radius 3 is 0.590 bits per heavy atom. The van der Waals surface area contributed by atoms with E-state index in [1.807, 2.05) is 0 Å². The van der Waals surface area contributed by atoms with Gasteiger partial charge in [0.15, 0.2) is 0 Å². The Kier molecular flexibility index (Phi) is 14.2.